The zero-order chi connectivity index (χ0) is 14.7. The lowest BCUT2D eigenvalue weighted by molar-refractivity contribution is -0.117. The molecule has 0 spiro atoms. The van der Waals surface area contributed by atoms with Gasteiger partial charge in [0.2, 0.25) is 5.91 Å². The zero-order valence-corrected chi connectivity index (χ0v) is 12.2. The quantitative estimate of drug-likeness (QED) is 0.641. The van der Waals surface area contributed by atoms with Crippen molar-refractivity contribution in [1.82, 2.24) is 5.32 Å². The Kier molecular flexibility index (Phi) is 4.45. The van der Waals surface area contributed by atoms with Crippen LogP contribution in [0, 0.1) is 13.8 Å². The third-order valence-corrected chi connectivity index (χ3v) is 3.40. The lowest BCUT2D eigenvalue weighted by Crippen LogP contribution is -2.25. The van der Waals surface area contributed by atoms with Crippen molar-refractivity contribution in [2.24, 2.45) is 0 Å². The number of rotatable bonds is 6. The largest absolute Gasteiger partial charge is 0.491 e. The highest BCUT2D eigenvalue weighted by Gasteiger charge is 2.23. The minimum absolute atomic E-state index is 0.0555. The van der Waals surface area contributed by atoms with E-state index >= 15 is 0 Å². The van der Waals surface area contributed by atoms with Gasteiger partial charge in [-0.05, 0) is 49.6 Å². The summed E-state index contributed by atoms with van der Waals surface area (Å²) in [6.07, 6.45) is 1.53. The molecule has 108 valence electrons. The van der Waals surface area contributed by atoms with E-state index in [9.17, 15) is 4.79 Å². The van der Waals surface area contributed by atoms with Crippen LogP contribution in [-0.2, 0) is 9.53 Å². The summed E-state index contributed by atoms with van der Waals surface area (Å²) in [6.45, 7) is 10.8. The molecule has 1 aromatic rings. The Morgan fingerprint density at radius 3 is 2.85 bits per heavy atom. The Morgan fingerprint density at radius 1 is 1.55 bits per heavy atom. The van der Waals surface area contributed by atoms with Crippen LogP contribution in [0.15, 0.2) is 24.8 Å². The van der Waals surface area contributed by atoms with Crippen molar-refractivity contribution in [2.75, 3.05) is 13.2 Å². The molecule has 4 heteroatoms. The number of ether oxygens (including phenoxy) is 2. The lowest BCUT2D eigenvalue weighted by atomic mass is 9.99. The number of aryl methyl sites for hydroxylation is 2. The van der Waals surface area contributed by atoms with Crippen LogP contribution in [0.4, 0.5) is 0 Å². The van der Waals surface area contributed by atoms with Crippen molar-refractivity contribution in [1.29, 1.82) is 0 Å². The molecule has 0 radical (unpaired) electrons. The highest BCUT2D eigenvalue weighted by molar-refractivity contribution is 5.87. The Hall–Kier alpha value is -1.81. The van der Waals surface area contributed by atoms with Crippen LogP contribution in [0.25, 0.3) is 0 Å². The van der Waals surface area contributed by atoms with E-state index in [0.29, 0.717) is 6.61 Å². The molecule has 4 nitrogen and oxygen atoms in total. The van der Waals surface area contributed by atoms with E-state index in [0.717, 1.165) is 29.0 Å². The Labute approximate surface area is 119 Å². The molecule has 2 atom stereocenters. The minimum Gasteiger partial charge on any atom is -0.491 e. The van der Waals surface area contributed by atoms with Gasteiger partial charge < -0.3 is 14.8 Å². The molecule has 0 bridgehead atoms. The van der Waals surface area contributed by atoms with Crippen molar-refractivity contribution in [3.63, 3.8) is 0 Å². The molecule has 1 N–H and O–H groups in total. The number of hydrogen-bond acceptors (Lipinski definition) is 3. The second kappa shape index (κ2) is 6.09. The van der Waals surface area contributed by atoms with Crippen molar-refractivity contribution in [3.05, 3.63) is 41.5 Å². The fourth-order valence-electron chi connectivity index (χ4n) is 2.13. The van der Waals surface area contributed by atoms with Crippen LogP contribution in [0.2, 0.25) is 0 Å². The molecule has 1 aromatic carbocycles. The fraction of sp³-hybridized carbons (Fsp3) is 0.438. The Morgan fingerprint density at radius 2 is 2.25 bits per heavy atom. The van der Waals surface area contributed by atoms with E-state index in [1.807, 2.05) is 26.8 Å². The highest BCUT2D eigenvalue weighted by atomic mass is 16.6. The monoisotopic (exact) mass is 275 g/mol. The molecule has 1 saturated heterocycles. The SMILES string of the molecule is C=CC(=O)NC(C)c1cc(C)c(OCC2CO2)cc1C. The van der Waals surface area contributed by atoms with Gasteiger partial charge in [0.05, 0.1) is 12.6 Å². The van der Waals surface area contributed by atoms with Crippen molar-refractivity contribution in [2.45, 2.75) is 32.9 Å². The van der Waals surface area contributed by atoms with Gasteiger partial charge in [-0.2, -0.15) is 0 Å². The van der Waals surface area contributed by atoms with Gasteiger partial charge in [0, 0.05) is 0 Å². The maximum absolute atomic E-state index is 11.4. The van der Waals surface area contributed by atoms with Gasteiger partial charge in [-0.25, -0.2) is 0 Å². The molecule has 1 fully saturated rings. The van der Waals surface area contributed by atoms with Crippen LogP contribution in [0.1, 0.15) is 29.7 Å². The van der Waals surface area contributed by atoms with E-state index in [1.165, 1.54) is 6.08 Å². The Balaban J connectivity index is 2.11. The average Bonchev–Trinajstić information content (AvgIpc) is 3.23. The first kappa shape index (κ1) is 14.6. The maximum atomic E-state index is 11.4. The number of benzene rings is 1. The summed E-state index contributed by atoms with van der Waals surface area (Å²) in [4.78, 5) is 11.4. The fourth-order valence-corrected chi connectivity index (χ4v) is 2.13. The lowest BCUT2D eigenvalue weighted by Gasteiger charge is -2.18. The van der Waals surface area contributed by atoms with Crippen LogP contribution < -0.4 is 10.1 Å². The van der Waals surface area contributed by atoms with Gasteiger partial charge in [0.25, 0.3) is 0 Å². The molecule has 2 unspecified atom stereocenters. The summed E-state index contributed by atoms with van der Waals surface area (Å²) in [6, 6.07) is 4.02. The predicted octanol–water partition coefficient (Wildman–Crippen LogP) is 2.44. The average molecular weight is 275 g/mol. The van der Waals surface area contributed by atoms with E-state index < -0.39 is 0 Å². The van der Waals surface area contributed by atoms with Crippen molar-refractivity contribution >= 4 is 5.91 Å². The summed E-state index contributed by atoms with van der Waals surface area (Å²) in [5, 5.41) is 2.88. The second-order valence-corrected chi connectivity index (χ2v) is 5.18. The van der Waals surface area contributed by atoms with Crippen LogP contribution in [0.3, 0.4) is 0 Å². The molecule has 0 aliphatic carbocycles. The van der Waals surface area contributed by atoms with Crippen molar-refractivity contribution in [3.8, 4) is 5.75 Å². The normalized spacial score (nSPS) is 18.2. The molecule has 0 aromatic heterocycles. The predicted molar refractivity (Wildman–Crippen MR) is 77.9 cm³/mol. The zero-order valence-electron chi connectivity index (χ0n) is 12.2. The smallest absolute Gasteiger partial charge is 0.243 e. The number of nitrogens with one attached hydrogen (secondary N) is 1. The standard InChI is InChI=1S/C16H21NO3/c1-5-16(18)17-12(4)14-6-11(3)15(7-10(14)2)20-9-13-8-19-13/h5-7,12-13H,1,8-9H2,2-4H3,(H,17,18). The van der Waals surface area contributed by atoms with E-state index in [1.54, 1.807) is 0 Å². The third-order valence-electron chi connectivity index (χ3n) is 3.40. The van der Waals surface area contributed by atoms with E-state index in [4.69, 9.17) is 9.47 Å². The molecule has 20 heavy (non-hydrogen) atoms. The van der Waals surface area contributed by atoms with Gasteiger partial charge in [0.15, 0.2) is 0 Å². The number of carbonyl (C=O) groups is 1. The van der Waals surface area contributed by atoms with Gasteiger partial charge in [-0.3, -0.25) is 4.79 Å². The van der Waals surface area contributed by atoms with Gasteiger partial charge >= 0.3 is 0 Å². The number of amides is 1. The Bertz CT molecular complexity index is 521. The molecule has 1 heterocycles. The van der Waals surface area contributed by atoms with Gasteiger partial charge in [-0.15, -0.1) is 0 Å². The van der Waals surface area contributed by atoms with Gasteiger partial charge in [0.1, 0.15) is 18.5 Å². The van der Waals surface area contributed by atoms with Crippen LogP contribution in [-0.4, -0.2) is 25.2 Å². The maximum Gasteiger partial charge on any atom is 0.243 e. The molecule has 1 amide bonds. The third kappa shape index (κ3) is 3.61. The highest BCUT2D eigenvalue weighted by Crippen LogP contribution is 2.27. The molecular weight excluding hydrogens is 254 g/mol. The van der Waals surface area contributed by atoms with Crippen LogP contribution >= 0.6 is 0 Å². The summed E-state index contributed by atoms with van der Waals surface area (Å²) in [5.41, 5.74) is 3.25. The topological polar surface area (TPSA) is 50.9 Å². The summed E-state index contributed by atoms with van der Waals surface area (Å²) < 4.78 is 10.9. The van der Waals surface area contributed by atoms with E-state index in [2.05, 4.69) is 18.0 Å². The number of hydrogen-bond donors (Lipinski definition) is 1. The first-order chi connectivity index (χ1) is 9.51. The van der Waals surface area contributed by atoms with Crippen molar-refractivity contribution < 1.29 is 14.3 Å². The first-order valence-electron chi connectivity index (χ1n) is 6.79. The summed E-state index contributed by atoms with van der Waals surface area (Å²) in [7, 11) is 0. The number of epoxide rings is 1. The molecule has 2 rings (SSSR count). The minimum atomic E-state index is -0.166. The first-order valence-corrected chi connectivity index (χ1v) is 6.79. The molecular formula is C16H21NO3. The number of carbonyl (C=O) groups excluding carboxylic acids is 1. The second-order valence-electron chi connectivity index (χ2n) is 5.18. The van der Waals surface area contributed by atoms with Crippen LogP contribution in [0.5, 0.6) is 5.75 Å². The molecule has 1 aliphatic rings. The van der Waals surface area contributed by atoms with E-state index in [-0.39, 0.29) is 18.1 Å². The van der Waals surface area contributed by atoms with Gasteiger partial charge in [-0.1, -0.05) is 12.6 Å². The molecule has 0 saturated carbocycles. The summed E-state index contributed by atoms with van der Waals surface area (Å²) >= 11 is 0. The summed E-state index contributed by atoms with van der Waals surface area (Å²) in [5.74, 6) is 0.713. The molecule has 1 aliphatic heterocycles.